The zero-order chi connectivity index (χ0) is 19.4. The van der Waals surface area contributed by atoms with Crippen molar-refractivity contribution in [2.75, 3.05) is 5.32 Å². The van der Waals surface area contributed by atoms with Crippen LogP contribution in [0, 0.1) is 0 Å². The third kappa shape index (κ3) is 4.13. The number of fused-ring (bicyclic) bond motifs is 1. The summed E-state index contributed by atoms with van der Waals surface area (Å²) in [5.41, 5.74) is 3.63. The van der Waals surface area contributed by atoms with Crippen LogP contribution in [0.4, 0.5) is 5.69 Å². The molecule has 0 aliphatic heterocycles. The Morgan fingerprint density at radius 2 is 1.89 bits per heavy atom. The van der Waals surface area contributed by atoms with Gasteiger partial charge in [-0.3, -0.25) is 4.79 Å². The zero-order valence-electron chi connectivity index (χ0n) is 15.6. The Kier molecular flexibility index (Phi) is 5.49. The number of carbonyl (C=O) groups is 2. The van der Waals surface area contributed by atoms with E-state index in [2.05, 4.69) is 22.6 Å². The quantitative estimate of drug-likeness (QED) is 0.677. The number of aromatic nitrogens is 3. The maximum atomic E-state index is 12.4. The fourth-order valence-electron chi connectivity index (χ4n) is 2.68. The van der Waals surface area contributed by atoms with Crippen LogP contribution in [0.5, 0.6) is 0 Å². The molecular weight excluding hydrogens is 344 g/mol. The van der Waals surface area contributed by atoms with E-state index in [0.29, 0.717) is 23.3 Å². The molecule has 1 N–H and O–H groups in total. The maximum Gasteiger partial charge on any atom is 0.338 e. The van der Waals surface area contributed by atoms with Crippen molar-refractivity contribution in [1.82, 2.24) is 15.0 Å². The minimum absolute atomic E-state index is 0.331. The number of amides is 1. The van der Waals surface area contributed by atoms with Crippen molar-refractivity contribution in [1.29, 1.82) is 0 Å². The molecule has 3 aromatic rings. The maximum absolute atomic E-state index is 12.4. The molecule has 27 heavy (non-hydrogen) atoms. The van der Waals surface area contributed by atoms with Crippen LogP contribution >= 0.6 is 0 Å². The fourth-order valence-corrected chi connectivity index (χ4v) is 2.68. The predicted molar refractivity (Wildman–Crippen MR) is 103 cm³/mol. The van der Waals surface area contributed by atoms with Crippen LogP contribution in [-0.4, -0.2) is 33.0 Å². The number of hydrogen-bond donors (Lipinski definition) is 1. The second-order valence-electron chi connectivity index (χ2n) is 6.20. The Hall–Kier alpha value is -3.22. The van der Waals surface area contributed by atoms with Crippen molar-refractivity contribution in [3.05, 3.63) is 53.6 Å². The highest BCUT2D eigenvalue weighted by atomic mass is 16.5. The van der Waals surface area contributed by atoms with Gasteiger partial charge in [-0.2, -0.15) is 0 Å². The second kappa shape index (κ2) is 7.99. The number of ether oxygens (including phenoxy) is 1. The van der Waals surface area contributed by atoms with E-state index < -0.39 is 12.1 Å². The molecule has 0 aliphatic rings. The van der Waals surface area contributed by atoms with Gasteiger partial charge in [0.05, 0.1) is 11.1 Å². The lowest BCUT2D eigenvalue weighted by Crippen LogP contribution is -2.30. The second-order valence-corrected chi connectivity index (χ2v) is 6.20. The van der Waals surface area contributed by atoms with Crippen LogP contribution in [0.3, 0.4) is 0 Å². The van der Waals surface area contributed by atoms with Gasteiger partial charge in [0.1, 0.15) is 5.52 Å². The van der Waals surface area contributed by atoms with E-state index >= 15 is 0 Å². The lowest BCUT2D eigenvalue weighted by atomic mass is 10.1. The van der Waals surface area contributed by atoms with E-state index in [4.69, 9.17) is 4.74 Å². The Balaban J connectivity index is 1.64. The summed E-state index contributed by atoms with van der Waals surface area (Å²) in [7, 11) is 0. The van der Waals surface area contributed by atoms with Crippen LogP contribution in [-0.2, 0) is 22.5 Å². The summed E-state index contributed by atoms with van der Waals surface area (Å²) in [6, 6.07) is 12.6. The highest BCUT2D eigenvalue weighted by Crippen LogP contribution is 2.16. The Bertz CT molecular complexity index is 963. The zero-order valence-corrected chi connectivity index (χ0v) is 15.6. The topological polar surface area (TPSA) is 86.1 Å². The molecule has 0 saturated heterocycles. The van der Waals surface area contributed by atoms with Gasteiger partial charge in [0.15, 0.2) is 6.10 Å². The van der Waals surface area contributed by atoms with Gasteiger partial charge in [-0.1, -0.05) is 24.3 Å². The SMILES string of the molecule is CCc1ccc(NC(=O)[C@H](C)OC(=O)c2ccc3c(c2)nnn3CC)cc1. The van der Waals surface area contributed by atoms with Crippen molar-refractivity contribution >= 4 is 28.6 Å². The van der Waals surface area contributed by atoms with Gasteiger partial charge in [-0.15, -0.1) is 5.10 Å². The molecule has 1 atom stereocenters. The molecule has 1 heterocycles. The molecule has 0 aliphatic carbocycles. The molecule has 0 bridgehead atoms. The molecule has 1 aromatic heterocycles. The number of nitrogens with zero attached hydrogens (tertiary/aromatic N) is 3. The number of nitrogens with one attached hydrogen (secondary N) is 1. The average molecular weight is 366 g/mol. The van der Waals surface area contributed by atoms with E-state index in [1.807, 2.05) is 31.2 Å². The monoisotopic (exact) mass is 366 g/mol. The molecule has 3 rings (SSSR count). The summed E-state index contributed by atoms with van der Waals surface area (Å²) >= 11 is 0. The molecule has 0 unspecified atom stereocenters. The van der Waals surface area contributed by atoms with Crippen molar-refractivity contribution in [2.24, 2.45) is 0 Å². The molecule has 140 valence electrons. The Labute approximate surface area is 157 Å². The van der Waals surface area contributed by atoms with E-state index in [0.717, 1.165) is 11.9 Å². The molecule has 0 saturated carbocycles. The van der Waals surface area contributed by atoms with E-state index in [1.54, 1.807) is 29.8 Å². The first-order valence-corrected chi connectivity index (χ1v) is 8.95. The van der Waals surface area contributed by atoms with Crippen LogP contribution in [0.25, 0.3) is 11.0 Å². The third-order valence-corrected chi connectivity index (χ3v) is 4.33. The van der Waals surface area contributed by atoms with Gasteiger partial charge in [0.2, 0.25) is 0 Å². The fraction of sp³-hybridized carbons (Fsp3) is 0.300. The van der Waals surface area contributed by atoms with Gasteiger partial charge in [0.25, 0.3) is 5.91 Å². The Morgan fingerprint density at radius 3 is 2.56 bits per heavy atom. The minimum Gasteiger partial charge on any atom is -0.449 e. The van der Waals surface area contributed by atoms with Crippen LogP contribution in [0.2, 0.25) is 0 Å². The van der Waals surface area contributed by atoms with E-state index in [-0.39, 0.29) is 5.91 Å². The highest BCUT2D eigenvalue weighted by molar-refractivity contribution is 5.98. The number of aryl methyl sites for hydroxylation is 2. The van der Waals surface area contributed by atoms with E-state index in [9.17, 15) is 9.59 Å². The standard InChI is InChI=1S/C20H22N4O3/c1-4-14-6-9-16(10-7-14)21-19(25)13(3)27-20(26)15-8-11-18-17(12-15)22-23-24(18)5-2/h6-13H,4-5H2,1-3H3,(H,21,25)/t13-/m0/s1. The van der Waals surface area contributed by atoms with Gasteiger partial charge in [-0.25, -0.2) is 9.48 Å². The predicted octanol–water partition coefficient (Wildman–Crippen LogP) is 3.20. The third-order valence-electron chi connectivity index (χ3n) is 4.33. The van der Waals surface area contributed by atoms with Gasteiger partial charge in [-0.05, 0) is 56.2 Å². The molecular formula is C20H22N4O3. The number of anilines is 1. The lowest BCUT2D eigenvalue weighted by Gasteiger charge is -2.14. The number of carbonyl (C=O) groups excluding carboxylic acids is 2. The first-order valence-electron chi connectivity index (χ1n) is 8.95. The highest BCUT2D eigenvalue weighted by Gasteiger charge is 2.20. The van der Waals surface area contributed by atoms with Crippen LogP contribution < -0.4 is 5.32 Å². The van der Waals surface area contributed by atoms with Crippen LogP contribution in [0.15, 0.2) is 42.5 Å². The molecule has 0 fully saturated rings. The molecule has 7 heteroatoms. The first-order chi connectivity index (χ1) is 13.0. The van der Waals surface area contributed by atoms with Gasteiger partial charge in [0, 0.05) is 12.2 Å². The summed E-state index contributed by atoms with van der Waals surface area (Å²) in [6.45, 7) is 6.26. The molecule has 1 amide bonds. The average Bonchev–Trinajstić information content (AvgIpc) is 3.10. The summed E-state index contributed by atoms with van der Waals surface area (Å²) in [5.74, 6) is -0.961. The van der Waals surface area contributed by atoms with Crippen molar-refractivity contribution in [3.63, 3.8) is 0 Å². The van der Waals surface area contributed by atoms with Crippen LogP contribution in [0.1, 0.15) is 36.7 Å². The molecule has 2 aromatic carbocycles. The molecule has 7 nitrogen and oxygen atoms in total. The summed E-state index contributed by atoms with van der Waals surface area (Å²) in [5, 5.41) is 10.8. The normalized spacial score (nSPS) is 12.0. The number of rotatable bonds is 6. The van der Waals surface area contributed by atoms with Crippen molar-refractivity contribution in [2.45, 2.75) is 39.8 Å². The van der Waals surface area contributed by atoms with Gasteiger partial charge < -0.3 is 10.1 Å². The van der Waals surface area contributed by atoms with Gasteiger partial charge >= 0.3 is 5.97 Å². The number of esters is 1. The van der Waals surface area contributed by atoms with Crippen molar-refractivity contribution in [3.8, 4) is 0 Å². The molecule has 0 spiro atoms. The largest absolute Gasteiger partial charge is 0.449 e. The van der Waals surface area contributed by atoms with Crippen molar-refractivity contribution < 1.29 is 14.3 Å². The number of hydrogen-bond acceptors (Lipinski definition) is 5. The van der Waals surface area contributed by atoms with E-state index in [1.165, 1.54) is 5.56 Å². The Morgan fingerprint density at radius 1 is 1.15 bits per heavy atom. The molecule has 0 radical (unpaired) electrons. The smallest absolute Gasteiger partial charge is 0.338 e. The lowest BCUT2D eigenvalue weighted by molar-refractivity contribution is -0.123. The summed E-state index contributed by atoms with van der Waals surface area (Å²) in [6.07, 6.45) is 0.00359. The first kappa shape index (κ1) is 18.6. The summed E-state index contributed by atoms with van der Waals surface area (Å²) < 4.78 is 7.03. The summed E-state index contributed by atoms with van der Waals surface area (Å²) in [4.78, 5) is 24.6. The minimum atomic E-state index is -0.926. The number of benzene rings is 2.